The van der Waals surface area contributed by atoms with E-state index in [1.54, 1.807) is 0 Å². The minimum Gasteiger partial charge on any atom is -0.416 e. The van der Waals surface area contributed by atoms with Gasteiger partial charge >= 0.3 is 0 Å². The van der Waals surface area contributed by atoms with E-state index in [0.29, 0.717) is 0 Å². The maximum absolute atomic E-state index is 6.38. The van der Waals surface area contributed by atoms with Crippen molar-refractivity contribution in [1.82, 2.24) is 0 Å². The molecule has 0 bridgehead atoms. The van der Waals surface area contributed by atoms with Gasteiger partial charge in [0, 0.05) is 13.2 Å². The summed E-state index contributed by atoms with van der Waals surface area (Å²) in [6.45, 7) is 24.6. The third-order valence-corrected chi connectivity index (χ3v) is 14.6. The lowest BCUT2D eigenvalue weighted by molar-refractivity contribution is 0.158. The second-order valence-electron chi connectivity index (χ2n) is 9.66. The van der Waals surface area contributed by atoms with E-state index < -0.39 is 16.6 Å². The molecule has 0 heterocycles. The number of hydrogen-bond acceptors (Lipinski definition) is 2. The summed E-state index contributed by atoms with van der Waals surface area (Å²) in [4.78, 5) is 0. The Labute approximate surface area is 134 Å². The highest BCUT2D eigenvalue weighted by Crippen LogP contribution is 2.43. The first-order valence-corrected chi connectivity index (χ1v) is 13.9. The topological polar surface area (TPSA) is 18.5 Å². The van der Waals surface area contributed by atoms with E-state index in [4.69, 9.17) is 8.85 Å². The molecule has 0 radical (unpaired) electrons. The zero-order chi connectivity index (χ0) is 16.7. The maximum atomic E-state index is 6.38. The lowest BCUT2D eigenvalue weighted by atomic mass is 10.1. The van der Waals surface area contributed by atoms with E-state index in [2.05, 4.69) is 79.9 Å². The van der Waals surface area contributed by atoms with Crippen LogP contribution in [-0.4, -0.2) is 29.8 Å². The Balaban J connectivity index is 2.54. The second-order valence-corrected chi connectivity index (χ2v) is 19.3. The molecule has 0 N–H and O–H groups in total. The molecule has 0 aromatic heterocycles. The Morgan fingerprint density at radius 3 is 1.19 bits per heavy atom. The van der Waals surface area contributed by atoms with Gasteiger partial charge < -0.3 is 8.85 Å². The first kappa shape index (κ1) is 19.1. The normalized spacial score (nSPS) is 19.0. The predicted octanol–water partition coefficient (Wildman–Crippen LogP) is 5.59. The summed E-state index contributed by atoms with van der Waals surface area (Å²) in [5.41, 5.74) is 0.0744. The molecule has 0 amide bonds. The average molecular weight is 329 g/mol. The third-order valence-electron chi connectivity index (χ3n) is 5.65. The molecule has 0 saturated heterocycles. The van der Waals surface area contributed by atoms with Crippen molar-refractivity contribution in [3.63, 3.8) is 0 Å². The van der Waals surface area contributed by atoms with Crippen LogP contribution in [0.2, 0.25) is 36.3 Å². The second kappa shape index (κ2) is 5.62. The monoisotopic (exact) mass is 328 g/mol. The van der Waals surface area contributed by atoms with Gasteiger partial charge in [0.15, 0.2) is 16.6 Å². The first-order valence-electron chi connectivity index (χ1n) is 8.10. The lowest BCUT2D eigenvalue weighted by Gasteiger charge is -2.39. The van der Waals surface area contributed by atoms with Crippen LogP contribution in [0.15, 0.2) is 12.2 Å². The van der Waals surface area contributed by atoms with E-state index in [1.807, 2.05) is 0 Å². The minimum absolute atomic E-state index is 0.0744. The van der Waals surface area contributed by atoms with Crippen LogP contribution in [0.3, 0.4) is 0 Å². The van der Waals surface area contributed by atoms with Gasteiger partial charge in [-0.1, -0.05) is 53.7 Å². The molecule has 0 atom stereocenters. The zero-order valence-electron chi connectivity index (χ0n) is 15.9. The van der Waals surface area contributed by atoms with E-state index in [9.17, 15) is 0 Å². The van der Waals surface area contributed by atoms with E-state index in [1.165, 1.54) is 0 Å². The summed E-state index contributed by atoms with van der Waals surface area (Å²) in [6.07, 6.45) is 4.51. The van der Waals surface area contributed by atoms with Gasteiger partial charge in [0.1, 0.15) is 0 Å². The summed E-state index contributed by atoms with van der Waals surface area (Å²) in [5.74, 6) is 0. The average Bonchev–Trinajstić information content (AvgIpc) is 3.02. The number of hydrogen-bond donors (Lipinski definition) is 0. The van der Waals surface area contributed by atoms with E-state index in [-0.39, 0.29) is 15.5 Å². The quantitative estimate of drug-likeness (QED) is 0.467. The largest absolute Gasteiger partial charge is 0.416 e. The van der Waals surface area contributed by atoms with Crippen molar-refractivity contribution in [1.29, 1.82) is 0 Å². The van der Waals surface area contributed by atoms with Crippen molar-refractivity contribution in [3.8, 4) is 0 Å². The van der Waals surface area contributed by atoms with Gasteiger partial charge in [-0.2, -0.15) is 0 Å². The Morgan fingerprint density at radius 2 is 1.00 bits per heavy atom. The van der Waals surface area contributed by atoms with Crippen LogP contribution in [-0.2, 0) is 8.85 Å². The molecule has 0 aromatic rings. The van der Waals surface area contributed by atoms with Crippen molar-refractivity contribution in [3.05, 3.63) is 12.2 Å². The predicted molar refractivity (Wildman–Crippen MR) is 97.9 cm³/mol. The first-order chi connectivity index (χ1) is 9.12. The summed E-state index contributed by atoms with van der Waals surface area (Å²) in [5, 5.41) is 0.534. The Morgan fingerprint density at radius 1 is 0.714 bits per heavy atom. The van der Waals surface area contributed by atoms with Crippen molar-refractivity contribution >= 4 is 16.6 Å². The van der Waals surface area contributed by atoms with E-state index >= 15 is 0 Å². The van der Waals surface area contributed by atoms with Crippen LogP contribution >= 0.6 is 0 Å². The molecule has 1 aliphatic rings. The van der Waals surface area contributed by atoms with Gasteiger partial charge in [0.05, 0.1) is 5.41 Å². The van der Waals surface area contributed by atoms with Crippen LogP contribution in [0.25, 0.3) is 0 Å². The third kappa shape index (κ3) is 4.78. The molecule has 1 rings (SSSR count). The molecule has 0 spiro atoms. The summed E-state index contributed by atoms with van der Waals surface area (Å²) < 4.78 is 12.8. The molecule has 1 aliphatic carbocycles. The molecule has 124 valence electrons. The molecule has 0 fully saturated rings. The Kier molecular flexibility index (Phi) is 5.13. The summed E-state index contributed by atoms with van der Waals surface area (Å²) in [6, 6.07) is 0. The van der Waals surface area contributed by atoms with Crippen LogP contribution in [0.5, 0.6) is 0 Å². The SMILES string of the molecule is CC(C)(C)[Si](C)(C)OCC1(CO[Si](C)(C)C(C)(C)C)C=C1. The maximum Gasteiger partial charge on any atom is 0.192 e. The molecule has 0 saturated carbocycles. The van der Waals surface area contributed by atoms with Gasteiger partial charge in [0.25, 0.3) is 0 Å². The van der Waals surface area contributed by atoms with Gasteiger partial charge in [-0.3, -0.25) is 0 Å². The Bertz CT molecular complexity index is 360. The fourth-order valence-corrected chi connectivity index (χ4v) is 3.54. The van der Waals surface area contributed by atoms with Crippen LogP contribution in [0.4, 0.5) is 0 Å². The number of rotatable bonds is 6. The summed E-state index contributed by atoms with van der Waals surface area (Å²) >= 11 is 0. The molecule has 2 nitrogen and oxygen atoms in total. The minimum atomic E-state index is -1.67. The zero-order valence-corrected chi connectivity index (χ0v) is 17.9. The molecular weight excluding hydrogens is 292 g/mol. The molecule has 21 heavy (non-hydrogen) atoms. The van der Waals surface area contributed by atoms with Gasteiger partial charge in [0.2, 0.25) is 0 Å². The molecular formula is C17H36O2Si2. The van der Waals surface area contributed by atoms with Gasteiger partial charge in [-0.25, -0.2) is 0 Å². The highest BCUT2D eigenvalue weighted by molar-refractivity contribution is 6.74. The highest BCUT2D eigenvalue weighted by Gasteiger charge is 2.44. The van der Waals surface area contributed by atoms with Gasteiger partial charge in [-0.15, -0.1) is 0 Å². The standard InChI is InChI=1S/C17H36O2Si2/c1-15(2,3)20(7,8)18-13-17(11-12-17)14-19-21(9,10)16(4,5)6/h11-12H,13-14H2,1-10H3. The van der Waals surface area contributed by atoms with Crippen LogP contribution in [0.1, 0.15) is 41.5 Å². The molecule has 0 aliphatic heterocycles. The van der Waals surface area contributed by atoms with Crippen molar-refractivity contribution in [2.75, 3.05) is 13.2 Å². The fraction of sp³-hybridized carbons (Fsp3) is 0.882. The van der Waals surface area contributed by atoms with Crippen molar-refractivity contribution in [2.24, 2.45) is 5.41 Å². The molecule has 4 heteroatoms. The summed E-state index contributed by atoms with van der Waals surface area (Å²) in [7, 11) is -3.34. The molecule has 0 unspecified atom stereocenters. The van der Waals surface area contributed by atoms with Crippen molar-refractivity contribution in [2.45, 2.75) is 77.8 Å². The van der Waals surface area contributed by atoms with Crippen molar-refractivity contribution < 1.29 is 8.85 Å². The fourth-order valence-electron chi connectivity index (χ4n) is 1.41. The molecule has 0 aromatic carbocycles. The van der Waals surface area contributed by atoms with Crippen LogP contribution < -0.4 is 0 Å². The smallest absolute Gasteiger partial charge is 0.192 e. The Hall–Kier alpha value is 0.0938. The highest BCUT2D eigenvalue weighted by atomic mass is 28.4. The van der Waals surface area contributed by atoms with Crippen LogP contribution in [0, 0.1) is 5.41 Å². The van der Waals surface area contributed by atoms with Gasteiger partial charge in [-0.05, 0) is 36.3 Å². The van der Waals surface area contributed by atoms with E-state index in [0.717, 1.165) is 13.2 Å². The lowest BCUT2D eigenvalue weighted by Crippen LogP contribution is -2.45.